The number of hydrogen-bond acceptors (Lipinski definition) is 4. The summed E-state index contributed by atoms with van der Waals surface area (Å²) in [5, 5.41) is 10.5. The Balaban J connectivity index is 1.55. The van der Waals surface area contributed by atoms with E-state index in [9.17, 15) is 9.59 Å². The highest BCUT2D eigenvalue weighted by Gasteiger charge is 2.10. The van der Waals surface area contributed by atoms with Gasteiger partial charge in [0, 0.05) is 28.6 Å². The normalized spacial score (nSPS) is 10.5. The van der Waals surface area contributed by atoms with Gasteiger partial charge in [-0.1, -0.05) is 29.8 Å². The van der Waals surface area contributed by atoms with Gasteiger partial charge in [0.2, 0.25) is 11.8 Å². The third-order valence-electron chi connectivity index (χ3n) is 3.81. The summed E-state index contributed by atoms with van der Waals surface area (Å²) in [6, 6.07) is 16.6. The van der Waals surface area contributed by atoms with Crippen molar-refractivity contribution in [1.82, 2.24) is 9.78 Å². The first-order chi connectivity index (χ1) is 13.5. The third-order valence-corrected chi connectivity index (χ3v) is 5.19. The van der Waals surface area contributed by atoms with Gasteiger partial charge in [-0.2, -0.15) is 5.10 Å². The smallest absolute Gasteiger partial charge is 0.235 e. The number of benzene rings is 2. The predicted molar refractivity (Wildman–Crippen MR) is 113 cm³/mol. The molecule has 0 saturated carbocycles. The summed E-state index contributed by atoms with van der Waals surface area (Å²) in [4.78, 5) is 24.3. The minimum Gasteiger partial charge on any atom is -0.326 e. The van der Waals surface area contributed by atoms with Gasteiger partial charge in [0.15, 0.2) is 0 Å². The van der Waals surface area contributed by atoms with Crippen LogP contribution in [0.15, 0.2) is 65.7 Å². The number of rotatable bonds is 7. The van der Waals surface area contributed by atoms with Gasteiger partial charge in [-0.05, 0) is 35.9 Å². The van der Waals surface area contributed by atoms with E-state index in [1.807, 2.05) is 36.4 Å². The number of anilines is 2. The van der Waals surface area contributed by atoms with E-state index in [-0.39, 0.29) is 17.6 Å². The zero-order chi connectivity index (χ0) is 19.9. The number of thioether (sulfide) groups is 1. The molecule has 0 spiro atoms. The molecule has 0 aliphatic heterocycles. The summed E-state index contributed by atoms with van der Waals surface area (Å²) < 4.78 is 1.70. The molecule has 0 aliphatic rings. The summed E-state index contributed by atoms with van der Waals surface area (Å²) >= 11 is 7.62. The minimum atomic E-state index is -0.128. The molecule has 0 aliphatic carbocycles. The lowest BCUT2D eigenvalue weighted by Gasteiger charge is -2.10. The minimum absolute atomic E-state index is 0.117. The number of nitrogens with one attached hydrogen (secondary N) is 2. The number of halogens is 1. The number of nitrogens with zero attached hydrogens (tertiary/aromatic N) is 2. The molecule has 2 N–H and O–H groups in total. The average molecular weight is 415 g/mol. The van der Waals surface area contributed by atoms with Gasteiger partial charge < -0.3 is 10.6 Å². The van der Waals surface area contributed by atoms with Crippen LogP contribution in [0, 0.1) is 0 Å². The fourth-order valence-electron chi connectivity index (χ4n) is 2.52. The molecule has 28 heavy (non-hydrogen) atoms. The Kier molecular flexibility index (Phi) is 6.73. The summed E-state index contributed by atoms with van der Waals surface area (Å²) in [5.74, 6) is 0.632. The van der Waals surface area contributed by atoms with Crippen LogP contribution in [0.1, 0.15) is 12.5 Å². The Morgan fingerprint density at radius 1 is 1.07 bits per heavy atom. The molecule has 2 aromatic carbocycles. The van der Waals surface area contributed by atoms with E-state index in [2.05, 4.69) is 15.7 Å². The highest BCUT2D eigenvalue weighted by atomic mass is 35.5. The van der Waals surface area contributed by atoms with Crippen molar-refractivity contribution in [3.05, 3.63) is 71.4 Å². The van der Waals surface area contributed by atoms with Crippen molar-refractivity contribution in [3.8, 4) is 0 Å². The Labute approximate surface area is 172 Å². The fourth-order valence-corrected chi connectivity index (χ4v) is 3.41. The van der Waals surface area contributed by atoms with Crippen molar-refractivity contribution in [2.75, 3.05) is 16.4 Å². The summed E-state index contributed by atoms with van der Waals surface area (Å²) in [6.07, 6.45) is 1.64. The van der Waals surface area contributed by atoms with E-state index in [1.165, 1.54) is 18.7 Å². The molecule has 2 amide bonds. The number of aromatic nitrogens is 2. The van der Waals surface area contributed by atoms with Gasteiger partial charge in [-0.15, -0.1) is 11.8 Å². The molecule has 3 rings (SSSR count). The summed E-state index contributed by atoms with van der Waals surface area (Å²) in [7, 11) is 0. The topological polar surface area (TPSA) is 76.0 Å². The van der Waals surface area contributed by atoms with E-state index in [0.717, 1.165) is 16.1 Å². The number of carbonyl (C=O) groups excluding carboxylic acids is 2. The molecule has 0 bridgehead atoms. The van der Waals surface area contributed by atoms with Crippen molar-refractivity contribution >= 4 is 46.7 Å². The molecule has 6 nitrogen and oxygen atoms in total. The summed E-state index contributed by atoms with van der Waals surface area (Å²) in [6.45, 7) is 1.93. The Morgan fingerprint density at radius 2 is 1.82 bits per heavy atom. The fraction of sp³-hybridized carbons (Fsp3) is 0.150. The van der Waals surface area contributed by atoms with Gasteiger partial charge in [-0.3, -0.25) is 9.59 Å². The lowest BCUT2D eigenvalue weighted by atomic mass is 10.2. The van der Waals surface area contributed by atoms with Crippen LogP contribution in [0.5, 0.6) is 0 Å². The van der Waals surface area contributed by atoms with Crippen LogP contribution in [-0.2, 0) is 16.1 Å². The number of carbonyl (C=O) groups is 2. The lowest BCUT2D eigenvalue weighted by Crippen LogP contribution is -2.17. The van der Waals surface area contributed by atoms with E-state index >= 15 is 0 Å². The molecule has 0 radical (unpaired) electrons. The van der Waals surface area contributed by atoms with E-state index in [1.54, 1.807) is 29.1 Å². The molecular formula is C20H19ClN4O2S. The predicted octanol–water partition coefficient (Wildman–Crippen LogP) is 4.27. The van der Waals surface area contributed by atoms with Crippen molar-refractivity contribution in [1.29, 1.82) is 0 Å². The van der Waals surface area contributed by atoms with Crippen molar-refractivity contribution in [2.24, 2.45) is 0 Å². The SMILES string of the molecule is CC(=O)Nc1ccc(SCC(=O)Nc2ccnn2Cc2ccccc2Cl)cc1. The first kappa shape index (κ1) is 20.0. The first-order valence-electron chi connectivity index (χ1n) is 8.57. The molecule has 0 fully saturated rings. The molecule has 8 heteroatoms. The molecule has 0 atom stereocenters. The maximum atomic E-state index is 12.3. The average Bonchev–Trinajstić information content (AvgIpc) is 3.09. The van der Waals surface area contributed by atoms with Crippen LogP contribution in [0.25, 0.3) is 0 Å². The van der Waals surface area contributed by atoms with Gasteiger partial charge in [-0.25, -0.2) is 4.68 Å². The number of hydrogen-bond donors (Lipinski definition) is 2. The molecule has 0 saturated heterocycles. The molecular weight excluding hydrogens is 396 g/mol. The monoisotopic (exact) mass is 414 g/mol. The summed E-state index contributed by atoms with van der Waals surface area (Å²) in [5.41, 5.74) is 1.65. The Morgan fingerprint density at radius 3 is 2.54 bits per heavy atom. The Hall–Kier alpha value is -2.77. The molecule has 144 valence electrons. The van der Waals surface area contributed by atoms with Gasteiger partial charge in [0.1, 0.15) is 5.82 Å². The molecule has 1 aromatic heterocycles. The third kappa shape index (κ3) is 5.61. The van der Waals surface area contributed by atoms with Crippen LogP contribution in [-0.4, -0.2) is 27.3 Å². The molecule has 0 unspecified atom stereocenters. The second-order valence-corrected chi connectivity index (χ2v) is 7.46. The second kappa shape index (κ2) is 9.43. The zero-order valence-electron chi connectivity index (χ0n) is 15.2. The van der Waals surface area contributed by atoms with Crippen molar-refractivity contribution in [3.63, 3.8) is 0 Å². The molecule has 3 aromatic rings. The number of amides is 2. The highest BCUT2D eigenvalue weighted by Crippen LogP contribution is 2.21. The first-order valence-corrected chi connectivity index (χ1v) is 9.93. The van der Waals surface area contributed by atoms with Gasteiger partial charge in [0.25, 0.3) is 0 Å². The maximum Gasteiger partial charge on any atom is 0.235 e. The lowest BCUT2D eigenvalue weighted by molar-refractivity contribution is -0.114. The van der Waals surface area contributed by atoms with Crippen molar-refractivity contribution in [2.45, 2.75) is 18.4 Å². The van der Waals surface area contributed by atoms with E-state index in [4.69, 9.17) is 11.6 Å². The highest BCUT2D eigenvalue weighted by molar-refractivity contribution is 8.00. The second-order valence-electron chi connectivity index (χ2n) is 6.01. The molecule has 1 heterocycles. The van der Waals surface area contributed by atoms with Gasteiger partial charge >= 0.3 is 0 Å². The van der Waals surface area contributed by atoms with Crippen molar-refractivity contribution < 1.29 is 9.59 Å². The van der Waals surface area contributed by atoms with Crippen LogP contribution in [0.3, 0.4) is 0 Å². The van der Waals surface area contributed by atoms with Crippen LogP contribution >= 0.6 is 23.4 Å². The quantitative estimate of drug-likeness (QED) is 0.566. The van der Waals surface area contributed by atoms with Crippen LogP contribution < -0.4 is 10.6 Å². The standard InChI is InChI=1S/C20H19ClN4O2S/c1-14(26)23-16-6-8-17(9-7-16)28-13-20(27)24-19-10-11-22-25(19)12-15-4-2-3-5-18(15)21/h2-11H,12-13H2,1H3,(H,23,26)(H,24,27). The van der Waals surface area contributed by atoms with Crippen LogP contribution in [0.2, 0.25) is 5.02 Å². The maximum absolute atomic E-state index is 12.3. The van der Waals surface area contributed by atoms with Gasteiger partial charge in [0.05, 0.1) is 18.5 Å². The largest absolute Gasteiger partial charge is 0.326 e. The van der Waals surface area contributed by atoms with E-state index < -0.39 is 0 Å². The Bertz CT molecular complexity index is 972. The zero-order valence-corrected chi connectivity index (χ0v) is 16.8. The van der Waals surface area contributed by atoms with E-state index in [0.29, 0.717) is 17.4 Å². The van der Waals surface area contributed by atoms with Crippen LogP contribution in [0.4, 0.5) is 11.5 Å².